The molecule has 0 atom stereocenters. The van der Waals surface area contributed by atoms with Gasteiger partial charge in [-0.2, -0.15) is 0 Å². The number of esters is 1. The van der Waals surface area contributed by atoms with Crippen molar-refractivity contribution in [2.45, 2.75) is 0 Å². The Morgan fingerprint density at radius 2 is 2.08 bits per heavy atom. The van der Waals surface area contributed by atoms with Crippen molar-refractivity contribution in [3.05, 3.63) is 38.8 Å². The summed E-state index contributed by atoms with van der Waals surface area (Å²) in [6.07, 6.45) is 3.20. The highest BCUT2D eigenvalue weighted by molar-refractivity contribution is 14.1. The first-order valence-electron chi connectivity index (χ1n) is 7.34. The Hall–Kier alpha value is -2.01. The second-order valence-electron chi connectivity index (χ2n) is 4.98. The van der Waals surface area contributed by atoms with Crippen molar-refractivity contribution >= 4 is 57.5 Å². The van der Waals surface area contributed by atoms with E-state index in [-0.39, 0.29) is 4.91 Å². The summed E-state index contributed by atoms with van der Waals surface area (Å²) in [7, 11) is 2.71. The van der Waals surface area contributed by atoms with E-state index in [1.54, 1.807) is 24.3 Å². The van der Waals surface area contributed by atoms with Crippen LogP contribution in [0.1, 0.15) is 5.56 Å². The summed E-state index contributed by atoms with van der Waals surface area (Å²) >= 11 is 2.87. The predicted molar refractivity (Wildman–Crippen MR) is 106 cm³/mol. The molecular weight excluding hydrogens is 473 g/mol. The van der Waals surface area contributed by atoms with Crippen molar-refractivity contribution in [1.82, 2.24) is 4.90 Å². The molecule has 0 aliphatic carbocycles. The lowest BCUT2D eigenvalue weighted by atomic mass is 10.2. The molecule has 1 aromatic carbocycles. The van der Waals surface area contributed by atoms with Crippen LogP contribution >= 0.6 is 34.4 Å². The van der Waals surface area contributed by atoms with E-state index in [1.807, 2.05) is 0 Å². The molecule has 0 aromatic heterocycles. The molecule has 0 spiro atoms. The van der Waals surface area contributed by atoms with Gasteiger partial charge in [-0.1, -0.05) is 12.7 Å². The molecule has 0 unspecified atom stereocenters. The van der Waals surface area contributed by atoms with Gasteiger partial charge in [0.25, 0.3) is 11.1 Å². The Balaban J connectivity index is 2.30. The zero-order chi connectivity index (χ0) is 19.3. The SMILES string of the molecule is C=CCOc1c(I)cc(C=C2SC(=O)N(CC(=O)OC)C2=O)cc1OC. The summed E-state index contributed by atoms with van der Waals surface area (Å²) in [5.41, 5.74) is 0.667. The van der Waals surface area contributed by atoms with E-state index in [4.69, 9.17) is 9.47 Å². The van der Waals surface area contributed by atoms with Gasteiger partial charge < -0.3 is 14.2 Å². The molecule has 2 rings (SSSR count). The first kappa shape index (κ1) is 20.3. The fraction of sp³-hybridized carbons (Fsp3) is 0.235. The highest BCUT2D eigenvalue weighted by Crippen LogP contribution is 2.37. The lowest BCUT2D eigenvalue weighted by Crippen LogP contribution is -2.34. The lowest BCUT2D eigenvalue weighted by Gasteiger charge is -2.12. The number of imide groups is 1. The molecule has 1 fully saturated rings. The van der Waals surface area contributed by atoms with Gasteiger partial charge in [-0.05, 0) is 58.1 Å². The minimum Gasteiger partial charge on any atom is -0.493 e. The zero-order valence-corrected chi connectivity index (χ0v) is 17.1. The van der Waals surface area contributed by atoms with Crippen LogP contribution in [-0.4, -0.2) is 49.4 Å². The molecule has 9 heteroatoms. The van der Waals surface area contributed by atoms with Crippen molar-refractivity contribution < 1.29 is 28.6 Å². The third-order valence-corrected chi connectivity index (χ3v) is 4.99. The summed E-state index contributed by atoms with van der Waals surface area (Å²) in [5.74, 6) is -0.123. The number of hydrogen-bond donors (Lipinski definition) is 0. The number of thioether (sulfide) groups is 1. The number of carbonyl (C=O) groups is 3. The zero-order valence-electron chi connectivity index (χ0n) is 14.1. The first-order chi connectivity index (χ1) is 12.4. The number of amides is 2. The second-order valence-corrected chi connectivity index (χ2v) is 7.13. The van der Waals surface area contributed by atoms with Crippen molar-refractivity contribution in [1.29, 1.82) is 0 Å². The van der Waals surface area contributed by atoms with Gasteiger partial charge in [0.2, 0.25) is 0 Å². The summed E-state index contributed by atoms with van der Waals surface area (Å²) in [6.45, 7) is 3.53. The van der Waals surface area contributed by atoms with Gasteiger partial charge in [-0.25, -0.2) is 0 Å². The maximum Gasteiger partial charge on any atom is 0.325 e. The normalized spacial score (nSPS) is 15.3. The summed E-state index contributed by atoms with van der Waals surface area (Å²) in [5, 5.41) is -0.515. The van der Waals surface area contributed by atoms with Crippen LogP contribution in [0.2, 0.25) is 0 Å². The molecule has 2 amide bonds. The smallest absolute Gasteiger partial charge is 0.325 e. The van der Waals surface area contributed by atoms with Gasteiger partial charge in [-0.15, -0.1) is 0 Å². The van der Waals surface area contributed by atoms with Crippen molar-refractivity contribution in [3.63, 3.8) is 0 Å². The topological polar surface area (TPSA) is 82.1 Å². The number of rotatable bonds is 7. The molecule has 0 saturated carbocycles. The van der Waals surface area contributed by atoms with Gasteiger partial charge in [0, 0.05) is 0 Å². The molecule has 138 valence electrons. The monoisotopic (exact) mass is 489 g/mol. The molecular formula is C17H16INO6S. The van der Waals surface area contributed by atoms with Gasteiger partial charge in [-0.3, -0.25) is 19.3 Å². The maximum atomic E-state index is 12.4. The van der Waals surface area contributed by atoms with E-state index < -0.39 is 23.7 Å². The maximum absolute atomic E-state index is 12.4. The van der Waals surface area contributed by atoms with E-state index >= 15 is 0 Å². The Morgan fingerprint density at radius 3 is 2.69 bits per heavy atom. The molecule has 1 aliphatic heterocycles. The second kappa shape index (κ2) is 9.08. The average molecular weight is 489 g/mol. The van der Waals surface area contributed by atoms with Gasteiger partial charge in [0.1, 0.15) is 13.2 Å². The third-order valence-electron chi connectivity index (χ3n) is 3.28. The summed E-state index contributed by atoms with van der Waals surface area (Å²) in [6, 6.07) is 3.50. The Morgan fingerprint density at radius 1 is 1.35 bits per heavy atom. The Labute approximate surface area is 168 Å². The minimum absolute atomic E-state index is 0.219. The molecule has 0 N–H and O–H groups in total. The van der Waals surface area contributed by atoms with Gasteiger partial charge in [0.15, 0.2) is 11.5 Å². The van der Waals surface area contributed by atoms with E-state index in [9.17, 15) is 14.4 Å². The highest BCUT2D eigenvalue weighted by atomic mass is 127. The van der Waals surface area contributed by atoms with E-state index in [1.165, 1.54) is 14.2 Å². The quantitative estimate of drug-likeness (QED) is 0.252. The van der Waals surface area contributed by atoms with Crippen molar-refractivity contribution in [3.8, 4) is 11.5 Å². The van der Waals surface area contributed by atoms with Crippen LogP contribution in [0.15, 0.2) is 29.7 Å². The third kappa shape index (κ3) is 4.58. The number of benzene rings is 1. The predicted octanol–water partition coefficient (Wildman–Crippen LogP) is 3.07. The molecule has 26 heavy (non-hydrogen) atoms. The van der Waals surface area contributed by atoms with Crippen LogP contribution in [0.25, 0.3) is 6.08 Å². The molecule has 0 radical (unpaired) electrons. The molecule has 1 heterocycles. The van der Waals surface area contributed by atoms with Crippen LogP contribution in [0.3, 0.4) is 0 Å². The van der Waals surface area contributed by atoms with E-state index in [0.29, 0.717) is 23.7 Å². The molecule has 0 bridgehead atoms. The van der Waals surface area contributed by atoms with Crippen LogP contribution in [0, 0.1) is 3.57 Å². The highest BCUT2D eigenvalue weighted by Gasteiger charge is 2.36. The fourth-order valence-electron chi connectivity index (χ4n) is 2.09. The Bertz CT molecular complexity index is 792. The van der Waals surface area contributed by atoms with E-state index in [0.717, 1.165) is 20.2 Å². The van der Waals surface area contributed by atoms with Crippen LogP contribution in [0.4, 0.5) is 4.79 Å². The molecule has 1 saturated heterocycles. The van der Waals surface area contributed by atoms with Crippen molar-refractivity contribution in [2.24, 2.45) is 0 Å². The van der Waals surface area contributed by atoms with Gasteiger partial charge in [0.05, 0.1) is 22.7 Å². The number of hydrogen-bond acceptors (Lipinski definition) is 7. The average Bonchev–Trinajstić information content (AvgIpc) is 2.87. The molecule has 1 aromatic rings. The largest absolute Gasteiger partial charge is 0.493 e. The standard InChI is InChI=1S/C17H16INO6S/c1-4-5-25-15-11(18)6-10(7-12(15)23-2)8-13-16(21)19(17(22)26-13)9-14(20)24-3/h4,6-8H,1,5,9H2,2-3H3. The summed E-state index contributed by atoms with van der Waals surface area (Å²) in [4.78, 5) is 36.7. The fourth-order valence-corrected chi connectivity index (χ4v) is 3.71. The van der Waals surface area contributed by atoms with Crippen molar-refractivity contribution in [2.75, 3.05) is 27.4 Å². The first-order valence-corrected chi connectivity index (χ1v) is 9.24. The Kier molecular flexibility index (Phi) is 7.09. The minimum atomic E-state index is -0.659. The van der Waals surface area contributed by atoms with Crippen LogP contribution in [-0.2, 0) is 14.3 Å². The van der Waals surface area contributed by atoms with E-state index in [2.05, 4.69) is 33.9 Å². The van der Waals surface area contributed by atoms with Gasteiger partial charge >= 0.3 is 5.97 Å². The summed E-state index contributed by atoms with van der Waals surface area (Å²) < 4.78 is 16.2. The van der Waals surface area contributed by atoms with Crippen LogP contribution < -0.4 is 9.47 Å². The van der Waals surface area contributed by atoms with Crippen LogP contribution in [0.5, 0.6) is 11.5 Å². The molecule has 7 nitrogen and oxygen atoms in total. The molecule has 1 aliphatic rings. The number of methoxy groups -OCH3 is 2. The number of carbonyl (C=O) groups excluding carboxylic acids is 3. The number of ether oxygens (including phenoxy) is 3. The number of halogens is 1. The lowest BCUT2D eigenvalue weighted by molar-refractivity contribution is -0.143. The number of nitrogens with zero attached hydrogens (tertiary/aromatic N) is 1.